The third-order valence-corrected chi connectivity index (χ3v) is 6.92. The standard InChI is InChI=1S/C21H27N5O2S2/c1-4-11-23-30(3,28)17-9-7-16(8-10-17)25-21-22-13-18(19-6-5-12-29-19)20(26-21)24-15(2)14-27/h5-10,12-13,15,27H,3-4,11,14H2,1-2H3,(H,23,28)(H2,22,24,25,26)/t15-,30?/m1/s1. The Kier molecular flexibility index (Phi) is 7.43. The summed E-state index contributed by atoms with van der Waals surface area (Å²) < 4.78 is 15.6. The molecule has 2 aromatic heterocycles. The van der Waals surface area contributed by atoms with E-state index < -0.39 is 9.71 Å². The van der Waals surface area contributed by atoms with Gasteiger partial charge in [-0.1, -0.05) is 13.0 Å². The molecule has 0 saturated carbocycles. The summed E-state index contributed by atoms with van der Waals surface area (Å²) in [6.07, 6.45) is 2.65. The van der Waals surface area contributed by atoms with Crippen LogP contribution in [0.3, 0.4) is 0 Å². The Morgan fingerprint density at radius 3 is 2.67 bits per heavy atom. The fraction of sp³-hybridized carbons (Fsp3) is 0.286. The zero-order chi connectivity index (χ0) is 21.6. The van der Waals surface area contributed by atoms with Crippen LogP contribution in [0, 0.1) is 0 Å². The molecule has 4 N–H and O–H groups in total. The smallest absolute Gasteiger partial charge is 0.229 e. The Hall–Kier alpha value is -2.46. The number of rotatable bonds is 10. The van der Waals surface area contributed by atoms with Gasteiger partial charge < -0.3 is 15.7 Å². The van der Waals surface area contributed by atoms with Crippen molar-refractivity contribution in [3.05, 3.63) is 48.0 Å². The first-order valence-corrected chi connectivity index (χ1v) is 12.3. The summed E-state index contributed by atoms with van der Waals surface area (Å²) in [7, 11) is -2.51. The quantitative estimate of drug-likeness (QED) is 0.355. The average Bonchev–Trinajstić information content (AvgIpc) is 3.27. The second-order valence-electron chi connectivity index (χ2n) is 6.88. The molecule has 2 atom stereocenters. The van der Waals surface area contributed by atoms with E-state index in [2.05, 4.69) is 31.2 Å². The number of hydrogen-bond donors (Lipinski definition) is 4. The van der Waals surface area contributed by atoms with Gasteiger partial charge >= 0.3 is 0 Å². The molecule has 2 heterocycles. The van der Waals surface area contributed by atoms with E-state index in [4.69, 9.17) is 0 Å². The molecule has 0 aliphatic heterocycles. The molecule has 0 radical (unpaired) electrons. The van der Waals surface area contributed by atoms with Crippen molar-refractivity contribution in [1.82, 2.24) is 14.7 Å². The van der Waals surface area contributed by atoms with Crippen LogP contribution in [-0.2, 0) is 9.71 Å². The molecule has 0 aliphatic carbocycles. The lowest BCUT2D eigenvalue weighted by molar-refractivity contribution is 0.281. The van der Waals surface area contributed by atoms with Crippen LogP contribution in [0.15, 0.2) is 52.9 Å². The molecule has 0 fully saturated rings. The van der Waals surface area contributed by atoms with Crippen LogP contribution < -0.4 is 15.4 Å². The third kappa shape index (κ3) is 5.57. The molecule has 7 nitrogen and oxygen atoms in total. The van der Waals surface area contributed by atoms with Crippen molar-refractivity contribution in [3.63, 3.8) is 0 Å². The van der Waals surface area contributed by atoms with Gasteiger partial charge in [0.25, 0.3) is 0 Å². The van der Waals surface area contributed by atoms with Gasteiger partial charge in [-0.15, -0.1) is 11.3 Å². The van der Waals surface area contributed by atoms with E-state index in [9.17, 15) is 9.32 Å². The molecular weight excluding hydrogens is 418 g/mol. The van der Waals surface area contributed by atoms with E-state index in [1.807, 2.05) is 43.5 Å². The Balaban J connectivity index is 1.82. The van der Waals surface area contributed by atoms with E-state index >= 15 is 0 Å². The highest BCUT2D eigenvalue weighted by atomic mass is 32.2. The van der Waals surface area contributed by atoms with Gasteiger partial charge in [-0.05, 0) is 54.9 Å². The maximum absolute atomic E-state index is 12.6. The molecule has 160 valence electrons. The average molecular weight is 446 g/mol. The van der Waals surface area contributed by atoms with Gasteiger partial charge in [-0.3, -0.25) is 0 Å². The third-order valence-electron chi connectivity index (χ3n) is 4.31. The minimum absolute atomic E-state index is 0.00545. The number of thiophene rings is 1. The van der Waals surface area contributed by atoms with Crippen molar-refractivity contribution >= 4 is 44.4 Å². The van der Waals surface area contributed by atoms with E-state index in [0.717, 1.165) is 22.5 Å². The first-order chi connectivity index (χ1) is 14.4. The van der Waals surface area contributed by atoms with Crippen molar-refractivity contribution in [2.45, 2.75) is 31.2 Å². The first-order valence-electron chi connectivity index (χ1n) is 9.70. The fourth-order valence-electron chi connectivity index (χ4n) is 2.68. The molecule has 30 heavy (non-hydrogen) atoms. The summed E-state index contributed by atoms with van der Waals surface area (Å²) in [5.41, 5.74) is 1.65. The van der Waals surface area contributed by atoms with Crippen molar-refractivity contribution in [3.8, 4) is 10.4 Å². The van der Waals surface area contributed by atoms with Crippen LogP contribution in [-0.4, -0.2) is 44.3 Å². The number of aliphatic hydroxyl groups is 1. The SMILES string of the molecule is C=S(=O)(NCCC)c1ccc(Nc2ncc(-c3cccs3)c(N[C@H](C)CO)n2)cc1. The summed E-state index contributed by atoms with van der Waals surface area (Å²) in [6, 6.07) is 11.1. The molecule has 0 aliphatic rings. The largest absolute Gasteiger partial charge is 0.394 e. The summed E-state index contributed by atoms with van der Waals surface area (Å²) in [5.74, 6) is 4.89. The number of nitrogens with zero attached hydrogens (tertiary/aromatic N) is 2. The minimum Gasteiger partial charge on any atom is -0.394 e. The monoisotopic (exact) mass is 445 g/mol. The van der Waals surface area contributed by atoms with E-state index in [1.54, 1.807) is 29.7 Å². The second-order valence-corrected chi connectivity index (χ2v) is 9.94. The van der Waals surface area contributed by atoms with Crippen LogP contribution in [0.5, 0.6) is 0 Å². The molecule has 0 bridgehead atoms. The Morgan fingerprint density at radius 2 is 2.03 bits per heavy atom. The number of aliphatic hydroxyl groups excluding tert-OH is 1. The number of hydrogen-bond acceptors (Lipinski definition) is 7. The van der Waals surface area contributed by atoms with Crippen molar-refractivity contribution < 1.29 is 9.32 Å². The number of aromatic nitrogens is 2. The number of nitrogens with one attached hydrogen (secondary N) is 3. The lowest BCUT2D eigenvalue weighted by Crippen LogP contribution is -2.24. The van der Waals surface area contributed by atoms with Gasteiger partial charge in [0.15, 0.2) is 0 Å². The topological polar surface area (TPSA) is 99.2 Å². The first kappa shape index (κ1) is 22.2. The molecule has 1 aromatic carbocycles. The molecule has 1 unspecified atom stereocenters. The number of benzene rings is 1. The van der Waals surface area contributed by atoms with Crippen LogP contribution in [0.25, 0.3) is 10.4 Å². The maximum atomic E-state index is 12.6. The summed E-state index contributed by atoms with van der Waals surface area (Å²) in [6.45, 7) is 4.54. The maximum Gasteiger partial charge on any atom is 0.229 e. The Morgan fingerprint density at radius 1 is 1.27 bits per heavy atom. The summed E-state index contributed by atoms with van der Waals surface area (Å²) in [5, 5.41) is 17.8. The van der Waals surface area contributed by atoms with Crippen molar-refractivity contribution in [2.24, 2.45) is 0 Å². The van der Waals surface area contributed by atoms with Crippen LogP contribution >= 0.6 is 11.3 Å². The van der Waals surface area contributed by atoms with E-state index in [-0.39, 0.29) is 12.6 Å². The lowest BCUT2D eigenvalue weighted by atomic mass is 10.2. The fourth-order valence-corrected chi connectivity index (χ4v) is 4.69. The molecule has 0 spiro atoms. The highest BCUT2D eigenvalue weighted by molar-refractivity contribution is 7.98. The second kappa shape index (κ2) is 10.0. The van der Waals surface area contributed by atoms with Gasteiger partial charge in [-0.2, -0.15) is 4.98 Å². The van der Waals surface area contributed by atoms with Gasteiger partial charge in [0.05, 0.1) is 21.9 Å². The predicted octanol–water partition coefficient (Wildman–Crippen LogP) is 3.73. The van der Waals surface area contributed by atoms with Crippen LogP contribution in [0.2, 0.25) is 0 Å². The molecular formula is C21H27N5O2S2. The zero-order valence-electron chi connectivity index (χ0n) is 17.1. The van der Waals surface area contributed by atoms with Crippen LogP contribution in [0.4, 0.5) is 17.5 Å². The van der Waals surface area contributed by atoms with Crippen molar-refractivity contribution in [1.29, 1.82) is 0 Å². The highest BCUT2D eigenvalue weighted by Gasteiger charge is 2.13. The van der Waals surface area contributed by atoms with Gasteiger partial charge in [0.1, 0.15) is 5.82 Å². The van der Waals surface area contributed by atoms with Crippen LogP contribution in [0.1, 0.15) is 20.3 Å². The number of anilines is 3. The molecule has 3 rings (SSSR count). The molecule has 9 heteroatoms. The Bertz CT molecular complexity index is 1050. The normalized spacial score (nSPS) is 14.1. The zero-order valence-corrected chi connectivity index (χ0v) is 18.7. The summed E-state index contributed by atoms with van der Waals surface area (Å²) >= 11 is 1.60. The molecule has 0 saturated heterocycles. The van der Waals surface area contributed by atoms with E-state index in [1.165, 1.54) is 0 Å². The Labute approximate surface area is 181 Å². The van der Waals surface area contributed by atoms with Gasteiger partial charge in [-0.25, -0.2) is 13.9 Å². The molecule has 3 aromatic rings. The molecule has 0 amide bonds. The van der Waals surface area contributed by atoms with E-state index in [0.29, 0.717) is 23.2 Å². The minimum atomic E-state index is -2.51. The lowest BCUT2D eigenvalue weighted by Gasteiger charge is -2.16. The van der Waals surface area contributed by atoms with Gasteiger partial charge in [0, 0.05) is 34.2 Å². The highest BCUT2D eigenvalue weighted by Crippen LogP contribution is 2.31. The van der Waals surface area contributed by atoms with Crippen molar-refractivity contribution in [2.75, 3.05) is 23.8 Å². The predicted molar refractivity (Wildman–Crippen MR) is 127 cm³/mol. The van der Waals surface area contributed by atoms with Gasteiger partial charge in [0.2, 0.25) is 5.95 Å². The summed E-state index contributed by atoms with van der Waals surface area (Å²) in [4.78, 5) is 10.7.